The van der Waals surface area contributed by atoms with Crippen LogP contribution in [-0.2, 0) is 4.79 Å². The van der Waals surface area contributed by atoms with Gasteiger partial charge in [-0.15, -0.1) is 0 Å². The van der Waals surface area contributed by atoms with Crippen molar-refractivity contribution in [3.8, 4) is 0 Å². The Labute approximate surface area is 54.3 Å². The monoisotopic (exact) mass is 132 g/mol. The summed E-state index contributed by atoms with van der Waals surface area (Å²) in [5.74, 6) is -0.919. The van der Waals surface area contributed by atoms with E-state index in [1.165, 1.54) is 0 Å². The molecule has 9 heavy (non-hydrogen) atoms. The Morgan fingerprint density at radius 1 is 1.56 bits per heavy atom. The molecule has 3 nitrogen and oxygen atoms in total. The molecule has 0 fully saturated rings. The minimum Gasteiger partial charge on any atom is -0.481 e. The zero-order chi connectivity index (χ0) is 7.44. The molecule has 1 atom stereocenters. The number of carboxylic acid groups (broad SMARTS) is 1. The van der Waals surface area contributed by atoms with Gasteiger partial charge in [-0.3, -0.25) is 4.79 Å². The smallest absolute Gasteiger partial charge is 0.305 e. The van der Waals surface area contributed by atoms with Crippen molar-refractivity contribution in [1.29, 1.82) is 0 Å². The molecule has 2 N–H and O–H groups in total. The second kappa shape index (κ2) is 3.45. The number of rotatable bonds is 3. The minimum atomic E-state index is -0.948. The maximum Gasteiger partial charge on any atom is 0.305 e. The minimum absolute atomic E-state index is 0.0288. The maximum absolute atomic E-state index is 9.95. The molecule has 0 radical (unpaired) electrons. The van der Waals surface area contributed by atoms with Crippen LogP contribution in [0.3, 0.4) is 0 Å². The Bertz CT molecular complexity index is 98.5. The van der Waals surface area contributed by atoms with Crippen molar-refractivity contribution in [2.75, 3.05) is 0 Å². The summed E-state index contributed by atoms with van der Waals surface area (Å²) in [7, 11) is 0. The molecule has 3 heteroatoms. The fourth-order valence-corrected chi connectivity index (χ4v) is 0.415. The Morgan fingerprint density at radius 3 is 2.11 bits per heavy atom. The first-order valence-electron chi connectivity index (χ1n) is 2.94. The summed E-state index contributed by atoms with van der Waals surface area (Å²) in [5.41, 5.74) is 0. The van der Waals surface area contributed by atoms with E-state index in [1.54, 1.807) is 13.8 Å². The summed E-state index contributed by atoms with van der Waals surface area (Å²) in [4.78, 5) is 9.95. The highest BCUT2D eigenvalue weighted by molar-refractivity contribution is 5.67. The second-order valence-electron chi connectivity index (χ2n) is 2.41. The van der Waals surface area contributed by atoms with Gasteiger partial charge in [0.2, 0.25) is 0 Å². The van der Waals surface area contributed by atoms with Crippen LogP contribution in [0.1, 0.15) is 20.3 Å². The lowest BCUT2D eigenvalue weighted by Crippen LogP contribution is -2.18. The van der Waals surface area contributed by atoms with E-state index < -0.39 is 12.1 Å². The van der Waals surface area contributed by atoms with E-state index in [9.17, 15) is 4.79 Å². The van der Waals surface area contributed by atoms with Gasteiger partial charge in [0, 0.05) is 0 Å². The van der Waals surface area contributed by atoms with Crippen LogP contribution < -0.4 is 0 Å². The van der Waals surface area contributed by atoms with Gasteiger partial charge in [-0.1, -0.05) is 13.8 Å². The van der Waals surface area contributed by atoms with Crippen LogP contribution in [-0.4, -0.2) is 22.3 Å². The molecule has 0 aromatic rings. The van der Waals surface area contributed by atoms with Crippen LogP contribution in [0.25, 0.3) is 0 Å². The quantitative estimate of drug-likeness (QED) is 0.587. The molecule has 54 valence electrons. The van der Waals surface area contributed by atoms with Crippen molar-refractivity contribution in [2.45, 2.75) is 26.4 Å². The Morgan fingerprint density at radius 2 is 2.00 bits per heavy atom. The third-order valence-electron chi connectivity index (χ3n) is 1.15. The fraction of sp³-hybridized carbons (Fsp3) is 0.833. The zero-order valence-electron chi connectivity index (χ0n) is 5.66. The van der Waals surface area contributed by atoms with E-state index in [4.69, 9.17) is 10.2 Å². The van der Waals surface area contributed by atoms with E-state index in [1.807, 2.05) is 0 Å². The van der Waals surface area contributed by atoms with Crippen LogP contribution in [0.15, 0.2) is 0 Å². The van der Waals surface area contributed by atoms with Gasteiger partial charge >= 0.3 is 5.97 Å². The fourth-order valence-electron chi connectivity index (χ4n) is 0.415. The van der Waals surface area contributed by atoms with Crippen LogP contribution in [0.5, 0.6) is 0 Å². The molecule has 0 spiro atoms. The van der Waals surface area contributed by atoms with Crippen LogP contribution in [0, 0.1) is 5.92 Å². The molecule has 0 aromatic heterocycles. The first-order valence-corrected chi connectivity index (χ1v) is 2.94. The van der Waals surface area contributed by atoms with Crippen molar-refractivity contribution >= 4 is 5.97 Å². The molecule has 0 aromatic carbocycles. The van der Waals surface area contributed by atoms with Crippen LogP contribution >= 0.6 is 0 Å². The summed E-state index contributed by atoms with van der Waals surface area (Å²) < 4.78 is 0. The van der Waals surface area contributed by atoms with Gasteiger partial charge in [0.15, 0.2) is 0 Å². The second-order valence-corrected chi connectivity index (χ2v) is 2.41. The highest BCUT2D eigenvalue weighted by atomic mass is 16.4. The first-order chi connectivity index (χ1) is 4.04. The van der Waals surface area contributed by atoms with Crippen molar-refractivity contribution in [3.63, 3.8) is 0 Å². The third kappa shape index (κ3) is 3.97. The Balaban J connectivity index is 3.50. The highest BCUT2D eigenvalue weighted by Crippen LogP contribution is 2.04. The van der Waals surface area contributed by atoms with Gasteiger partial charge in [0.1, 0.15) is 0 Å². The number of carbonyl (C=O) groups is 1. The number of aliphatic carboxylic acids is 1. The van der Waals surface area contributed by atoms with E-state index in [0.717, 1.165) is 0 Å². The summed E-state index contributed by atoms with van der Waals surface area (Å²) in [6, 6.07) is 0. The molecule has 0 saturated carbocycles. The number of hydrogen-bond acceptors (Lipinski definition) is 2. The molecule has 1 unspecified atom stereocenters. The summed E-state index contributed by atoms with van der Waals surface area (Å²) in [6.07, 6.45) is -0.861. The topological polar surface area (TPSA) is 57.5 Å². The largest absolute Gasteiger partial charge is 0.481 e. The molecular formula is C6H12O3. The summed E-state index contributed by atoms with van der Waals surface area (Å²) >= 11 is 0. The number of aliphatic hydroxyl groups is 1. The standard InChI is InChI=1S/C6H12O3/c1-4(2)5(7)3-6(8)9/h4-5,7H,3H2,1-2H3,(H,8,9). The Kier molecular flexibility index (Phi) is 3.24. The van der Waals surface area contributed by atoms with E-state index in [2.05, 4.69) is 0 Å². The maximum atomic E-state index is 9.95. The summed E-state index contributed by atoms with van der Waals surface area (Å²) in [5, 5.41) is 17.1. The van der Waals surface area contributed by atoms with Gasteiger partial charge in [-0.25, -0.2) is 0 Å². The average molecular weight is 132 g/mol. The molecule has 0 heterocycles. The van der Waals surface area contributed by atoms with Crippen LogP contribution in [0.2, 0.25) is 0 Å². The zero-order valence-corrected chi connectivity index (χ0v) is 5.66. The Hall–Kier alpha value is -0.570. The molecule has 0 rings (SSSR count). The van der Waals surface area contributed by atoms with Crippen molar-refractivity contribution in [2.24, 2.45) is 5.92 Å². The predicted octanol–water partition coefficient (Wildman–Crippen LogP) is 0.478. The molecule has 0 bridgehead atoms. The average Bonchev–Trinajstić information content (AvgIpc) is 1.63. The van der Waals surface area contributed by atoms with Gasteiger partial charge < -0.3 is 10.2 Å². The SMILES string of the molecule is CC(C)C(O)CC(=O)O. The lowest BCUT2D eigenvalue weighted by atomic mass is 10.1. The van der Waals surface area contributed by atoms with E-state index >= 15 is 0 Å². The lowest BCUT2D eigenvalue weighted by Gasteiger charge is -2.10. The first kappa shape index (κ1) is 8.43. The van der Waals surface area contributed by atoms with Crippen molar-refractivity contribution in [1.82, 2.24) is 0 Å². The highest BCUT2D eigenvalue weighted by Gasteiger charge is 2.12. The number of carboxylic acids is 1. The van der Waals surface area contributed by atoms with Crippen LogP contribution in [0.4, 0.5) is 0 Å². The number of hydrogen-bond donors (Lipinski definition) is 2. The van der Waals surface area contributed by atoms with E-state index in [0.29, 0.717) is 0 Å². The summed E-state index contributed by atoms with van der Waals surface area (Å²) in [6.45, 7) is 3.57. The van der Waals surface area contributed by atoms with E-state index in [-0.39, 0.29) is 12.3 Å². The third-order valence-corrected chi connectivity index (χ3v) is 1.15. The molecule has 0 aliphatic carbocycles. The van der Waals surface area contributed by atoms with Crippen molar-refractivity contribution < 1.29 is 15.0 Å². The lowest BCUT2D eigenvalue weighted by molar-refractivity contribution is -0.139. The molecule has 0 aliphatic heterocycles. The molecule has 0 aliphatic rings. The number of aliphatic hydroxyl groups excluding tert-OH is 1. The van der Waals surface area contributed by atoms with Gasteiger partial charge in [-0.05, 0) is 5.92 Å². The molecule has 0 saturated heterocycles. The van der Waals surface area contributed by atoms with Crippen molar-refractivity contribution in [3.05, 3.63) is 0 Å². The molecular weight excluding hydrogens is 120 g/mol. The normalized spacial score (nSPS) is 13.8. The predicted molar refractivity (Wildman–Crippen MR) is 33.1 cm³/mol. The van der Waals surface area contributed by atoms with Gasteiger partial charge in [0.05, 0.1) is 12.5 Å². The van der Waals surface area contributed by atoms with Gasteiger partial charge in [0.25, 0.3) is 0 Å². The van der Waals surface area contributed by atoms with Gasteiger partial charge in [-0.2, -0.15) is 0 Å². The molecule has 0 amide bonds.